The molecule has 1 aromatic rings. The highest BCUT2D eigenvalue weighted by atomic mass is 35.5. The lowest BCUT2D eigenvalue weighted by molar-refractivity contribution is 0.262. The molecular weight excluding hydrogens is 220 g/mol. The first-order valence-corrected chi connectivity index (χ1v) is 5.83. The fourth-order valence-electron chi connectivity index (χ4n) is 1.56. The van der Waals surface area contributed by atoms with Crippen LogP contribution in [0.5, 0.6) is 0 Å². The van der Waals surface area contributed by atoms with E-state index < -0.39 is 0 Å². The Morgan fingerprint density at radius 1 is 1.38 bits per heavy atom. The van der Waals surface area contributed by atoms with E-state index in [2.05, 4.69) is 37.1 Å². The molecule has 0 fully saturated rings. The summed E-state index contributed by atoms with van der Waals surface area (Å²) < 4.78 is 0. The quantitative estimate of drug-likeness (QED) is 0.786. The lowest BCUT2D eigenvalue weighted by Gasteiger charge is -2.23. The van der Waals surface area contributed by atoms with Gasteiger partial charge in [-0.3, -0.25) is 0 Å². The van der Waals surface area contributed by atoms with E-state index in [4.69, 9.17) is 16.9 Å². The molecule has 86 valence electrons. The standard InChI is InChI=1S/C13H17ClN2/c1-11(16(2)9-3-8-15)10-12-4-6-13(14)7-5-12/h4-7,11H,3,9-10H2,1-2H3/t11-/m1/s1. The minimum absolute atomic E-state index is 0.439. The van der Waals surface area contributed by atoms with Crippen molar-refractivity contribution in [1.29, 1.82) is 5.26 Å². The molecule has 16 heavy (non-hydrogen) atoms. The van der Waals surface area contributed by atoms with Gasteiger partial charge in [0, 0.05) is 24.0 Å². The molecule has 0 saturated carbocycles. The topological polar surface area (TPSA) is 27.0 Å². The van der Waals surface area contributed by atoms with E-state index in [1.807, 2.05) is 12.1 Å². The lowest BCUT2D eigenvalue weighted by atomic mass is 10.1. The van der Waals surface area contributed by atoms with Gasteiger partial charge in [0.25, 0.3) is 0 Å². The van der Waals surface area contributed by atoms with Gasteiger partial charge in [0.1, 0.15) is 0 Å². The summed E-state index contributed by atoms with van der Waals surface area (Å²) in [6.45, 7) is 3.00. The molecule has 0 aliphatic heterocycles. The zero-order valence-electron chi connectivity index (χ0n) is 9.78. The van der Waals surface area contributed by atoms with Crippen LogP contribution in [0.3, 0.4) is 0 Å². The van der Waals surface area contributed by atoms with E-state index in [1.54, 1.807) is 0 Å². The predicted octanol–water partition coefficient (Wildman–Crippen LogP) is 3.12. The van der Waals surface area contributed by atoms with Crippen LogP contribution in [-0.4, -0.2) is 24.5 Å². The highest BCUT2D eigenvalue weighted by molar-refractivity contribution is 6.30. The number of halogens is 1. The minimum Gasteiger partial charge on any atom is -0.302 e. The molecule has 0 amide bonds. The highest BCUT2D eigenvalue weighted by Crippen LogP contribution is 2.12. The maximum absolute atomic E-state index is 8.53. The third-order valence-corrected chi connectivity index (χ3v) is 3.03. The predicted molar refractivity (Wildman–Crippen MR) is 67.5 cm³/mol. The molecule has 0 radical (unpaired) electrons. The molecule has 0 aliphatic rings. The second-order valence-electron chi connectivity index (χ2n) is 4.07. The van der Waals surface area contributed by atoms with Crippen molar-refractivity contribution in [2.24, 2.45) is 0 Å². The first-order chi connectivity index (χ1) is 7.63. The average molecular weight is 237 g/mol. The van der Waals surface area contributed by atoms with E-state index >= 15 is 0 Å². The Balaban J connectivity index is 2.47. The number of likely N-dealkylation sites (N-methyl/N-ethyl adjacent to an activating group) is 1. The summed E-state index contributed by atoms with van der Waals surface area (Å²) in [7, 11) is 2.05. The van der Waals surface area contributed by atoms with Gasteiger partial charge in [-0.05, 0) is 38.1 Å². The number of benzene rings is 1. The van der Waals surface area contributed by atoms with Crippen LogP contribution in [0.2, 0.25) is 5.02 Å². The summed E-state index contributed by atoms with van der Waals surface area (Å²) in [6.07, 6.45) is 1.57. The Morgan fingerprint density at radius 2 is 2.00 bits per heavy atom. The normalized spacial score (nSPS) is 12.4. The molecular formula is C13H17ClN2. The molecule has 1 atom stereocenters. The molecule has 1 aromatic carbocycles. The minimum atomic E-state index is 0.439. The monoisotopic (exact) mass is 236 g/mol. The summed E-state index contributed by atoms with van der Waals surface area (Å²) in [5, 5.41) is 9.30. The molecule has 2 nitrogen and oxygen atoms in total. The maximum Gasteiger partial charge on any atom is 0.0635 e. The second-order valence-corrected chi connectivity index (χ2v) is 4.50. The summed E-state index contributed by atoms with van der Waals surface area (Å²) in [4.78, 5) is 2.21. The first-order valence-electron chi connectivity index (χ1n) is 5.45. The highest BCUT2D eigenvalue weighted by Gasteiger charge is 2.09. The molecule has 0 N–H and O–H groups in total. The Kier molecular flexibility index (Phi) is 5.31. The van der Waals surface area contributed by atoms with Crippen molar-refractivity contribution >= 4 is 11.6 Å². The van der Waals surface area contributed by atoms with E-state index in [1.165, 1.54) is 5.56 Å². The van der Waals surface area contributed by atoms with E-state index in [0.29, 0.717) is 12.5 Å². The largest absolute Gasteiger partial charge is 0.302 e. The van der Waals surface area contributed by atoms with Gasteiger partial charge < -0.3 is 4.90 Å². The molecule has 1 rings (SSSR count). The zero-order chi connectivity index (χ0) is 12.0. The number of nitriles is 1. The summed E-state index contributed by atoms with van der Waals surface area (Å²) in [6, 6.07) is 10.5. The number of hydrogen-bond donors (Lipinski definition) is 0. The van der Waals surface area contributed by atoms with Gasteiger partial charge in [0.15, 0.2) is 0 Å². The van der Waals surface area contributed by atoms with E-state index in [-0.39, 0.29) is 0 Å². The number of hydrogen-bond acceptors (Lipinski definition) is 2. The van der Waals surface area contributed by atoms with E-state index in [9.17, 15) is 0 Å². The average Bonchev–Trinajstić information content (AvgIpc) is 2.29. The van der Waals surface area contributed by atoms with Crippen molar-refractivity contribution in [2.45, 2.75) is 25.8 Å². The Hall–Kier alpha value is -1.04. The van der Waals surface area contributed by atoms with Crippen molar-refractivity contribution in [1.82, 2.24) is 4.90 Å². The van der Waals surface area contributed by atoms with Crippen LogP contribution in [0.1, 0.15) is 18.9 Å². The van der Waals surface area contributed by atoms with Crippen molar-refractivity contribution in [3.05, 3.63) is 34.9 Å². The molecule has 0 unspecified atom stereocenters. The first kappa shape index (κ1) is 13.0. The summed E-state index contributed by atoms with van der Waals surface area (Å²) >= 11 is 5.83. The van der Waals surface area contributed by atoms with Crippen LogP contribution in [-0.2, 0) is 6.42 Å². The van der Waals surface area contributed by atoms with Crippen molar-refractivity contribution in [2.75, 3.05) is 13.6 Å². The molecule has 0 saturated heterocycles. The van der Waals surface area contributed by atoms with Gasteiger partial charge in [0.05, 0.1) is 6.07 Å². The van der Waals surface area contributed by atoms with Crippen LogP contribution in [0.4, 0.5) is 0 Å². The molecule has 0 aliphatic carbocycles. The molecule has 0 spiro atoms. The summed E-state index contributed by atoms with van der Waals surface area (Å²) in [5.74, 6) is 0. The van der Waals surface area contributed by atoms with Crippen LogP contribution < -0.4 is 0 Å². The molecule has 0 aromatic heterocycles. The lowest BCUT2D eigenvalue weighted by Crippen LogP contribution is -2.31. The maximum atomic E-state index is 8.53. The van der Waals surface area contributed by atoms with Gasteiger partial charge in [0.2, 0.25) is 0 Å². The van der Waals surface area contributed by atoms with Crippen molar-refractivity contribution < 1.29 is 0 Å². The number of nitrogens with zero attached hydrogens (tertiary/aromatic N) is 2. The number of rotatable bonds is 5. The van der Waals surface area contributed by atoms with Crippen LogP contribution in [0.25, 0.3) is 0 Å². The molecule has 3 heteroatoms. The third kappa shape index (κ3) is 4.22. The SMILES string of the molecule is C[C@H](Cc1ccc(Cl)cc1)N(C)CCC#N. The van der Waals surface area contributed by atoms with Crippen LogP contribution >= 0.6 is 11.6 Å². The van der Waals surface area contributed by atoms with Crippen molar-refractivity contribution in [3.8, 4) is 6.07 Å². The van der Waals surface area contributed by atoms with Gasteiger partial charge in [-0.2, -0.15) is 5.26 Å². The Labute approximate surface area is 102 Å². The third-order valence-electron chi connectivity index (χ3n) is 2.77. The van der Waals surface area contributed by atoms with Gasteiger partial charge >= 0.3 is 0 Å². The van der Waals surface area contributed by atoms with Crippen molar-refractivity contribution in [3.63, 3.8) is 0 Å². The van der Waals surface area contributed by atoms with Crippen LogP contribution in [0, 0.1) is 11.3 Å². The fraction of sp³-hybridized carbons (Fsp3) is 0.462. The van der Waals surface area contributed by atoms with Gasteiger partial charge in [-0.15, -0.1) is 0 Å². The van der Waals surface area contributed by atoms with Gasteiger partial charge in [-0.1, -0.05) is 23.7 Å². The van der Waals surface area contributed by atoms with Crippen LogP contribution in [0.15, 0.2) is 24.3 Å². The second kappa shape index (κ2) is 6.52. The van der Waals surface area contributed by atoms with Gasteiger partial charge in [-0.25, -0.2) is 0 Å². The fourth-order valence-corrected chi connectivity index (χ4v) is 1.69. The Bertz CT molecular complexity index is 353. The molecule has 0 heterocycles. The Morgan fingerprint density at radius 3 is 2.56 bits per heavy atom. The zero-order valence-corrected chi connectivity index (χ0v) is 10.5. The smallest absolute Gasteiger partial charge is 0.0635 e. The molecule has 0 bridgehead atoms. The van der Waals surface area contributed by atoms with E-state index in [0.717, 1.165) is 18.0 Å². The summed E-state index contributed by atoms with van der Waals surface area (Å²) in [5.41, 5.74) is 1.28.